The zero-order chi connectivity index (χ0) is 21.2. The van der Waals surface area contributed by atoms with E-state index in [1.54, 1.807) is 17.5 Å². The van der Waals surface area contributed by atoms with Crippen molar-refractivity contribution in [2.24, 2.45) is 5.10 Å². The first-order valence-corrected chi connectivity index (χ1v) is 11.0. The summed E-state index contributed by atoms with van der Waals surface area (Å²) in [6.45, 7) is 4.29. The minimum Gasteiger partial charge on any atom is -0.274 e. The first-order chi connectivity index (χ1) is 13.7. The Morgan fingerprint density at radius 2 is 1.62 bits per heavy atom. The maximum atomic E-state index is 13.0. The lowest BCUT2D eigenvalue weighted by Gasteiger charge is -2.15. The van der Waals surface area contributed by atoms with Crippen molar-refractivity contribution in [2.75, 3.05) is 0 Å². The average Bonchev–Trinajstić information content (AvgIpc) is 3.11. The average molecular weight is 430 g/mol. The van der Waals surface area contributed by atoms with Crippen molar-refractivity contribution in [2.45, 2.75) is 25.7 Å². The Balaban J connectivity index is 2.18. The molecule has 0 saturated carbocycles. The second-order valence-corrected chi connectivity index (χ2v) is 8.91. The van der Waals surface area contributed by atoms with Crippen LogP contribution in [0.5, 0.6) is 0 Å². The van der Waals surface area contributed by atoms with Crippen LogP contribution in [0.2, 0.25) is 0 Å². The first kappa shape index (κ1) is 20.7. The quantitative estimate of drug-likeness (QED) is 0.596. The number of hydrogen-bond donors (Lipinski definition) is 0. The number of sulfonamides is 1. The van der Waals surface area contributed by atoms with E-state index in [9.17, 15) is 18.0 Å². The number of carbonyl (C=O) groups is 2. The van der Waals surface area contributed by atoms with Crippen LogP contribution in [0, 0.1) is 6.92 Å². The molecule has 0 spiro atoms. The Kier molecular flexibility index (Phi) is 5.81. The molecule has 1 amide bonds. The number of carbonyl (C=O) groups excluding carboxylic acids is 2. The summed E-state index contributed by atoms with van der Waals surface area (Å²) in [5, 5.41) is 5.75. The monoisotopic (exact) mass is 429 g/mol. The molecule has 7 nitrogen and oxygen atoms in total. The molecular weight excluding hydrogens is 410 g/mol. The Morgan fingerprint density at radius 1 is 1.00 bits per heavy atom. The van der Waals surface area contributed by atoms with E-state index in [0.29, 0.717) is 10.1 Å². The lowest BCUT2D eigenvalue weighted by Crippen LogP contribution is -2.34. The van der Waals surface area contributed by atoms with Crippen LogP contribution < -0.4 is 4.80 Å². The van der Waals surface area contributed by atoms with Gasteiger partial charge in [-0.2, -0.15) is 8.42 Å². The van der Waals surface area contributed by atoms with Gasteiger partial charge in [-0.05, 0) is 24.6 Å². The summed E-state index contributed by atoms with van der Waals surface area (Å²) in [6, 6.07) is 15.3. The van der Waals surface area contributed by atoms with Crippen molar-refractivity contribution in [3.8, 4) is 11.3 Å². The maximum Gasteiger partial charge on any atom is 0.286 e. The lowest BCUT2D eigenvalue weighted by atomic mass is 10.2. The smallest absolute Gasteiger partial charge is 0.274 e. The fourth-order valence-electron chi connectivity index (χ4n) is 2.68. The minimum absolute atomic E-state index is 0.0590. The van der Waals surface area contributed by atoms with Gasteiger partial charge in [0.25, 0.3) is 15.9 Å². The molecule has 1 heterocycles. The first-order valence-electron chi connectivity index (χ1n) is 8.66. The molecule has 3 rings (SSSR count). The topological polar surface area (TPSA) is 88.8 Å². The van der Waals surface area contributed by atoms with Gasteiger partial charge in [0.1, 0.15) is 0 Å². The molecule has 1 aromatic heterocycles. The summed E-state index contributed by atoms with van der Waals surface area (Å²) in [5.41, 5.74) is 2.23. The van der Waals surface area contributed by atoms with Crippen LogP contribution in [0.1, 0.15) is 24.2 Å². The van der Waals surface area contributed by atoms with Crippen molar-refractivity contribution >= 4 is 33.2 Å². The molecule has 0 aliphatic carbocycles. The van der Waals surface area contributed by atoms with Gasteiger partial charge in [-0.1, -0.05) is 48.0 Å². The molecule has 0 aliphatic heterocycles. The Morgan fingerprint density at radius 3 is 2.17 bits per heavy atom. The fourth-order valence-corrected chi connectivity index (χ4v) is 4.85. The van der Waals surface area contributed by atoms with Gasteiger partial charge in [-0.25, -0.2) is 0 Å². The predicted molar refractivity (Wildman–Crippen MR) is 110 cm³/mol. The summed E-state index contributed by atoms with van der Waals surface area (Å²) in [7, 11) is -4.21. The van der Waals surface area contributed by atoms with E-state index in [1.807, 2.05) is 37.3 Å². The van der Waals surface area contributed by atoms with Gasteiger partial charge in [0.15, 0.2) is 0 Å². The number of thiazole rings is 1. The number of benzene rings is 2. The molecule has 9 heteroatoms. The zero-order valence-corrected chi connectivity index (χ0v) is 17.7. The number of amides is 1. The fraction of sp³-hybridized carbons (Fsp3) is 0.150. The van der Waals surface area contributed by atoms with Gasteiger partial charge in [0.05, 0.1) is 10.6 Å². The molecule has 3 aromatic rings. The molecule has 0 fully saturated rings. The highest BCUT2D eigenvalue weighted by Gasteiger charge is 2.27. The van der Waals surface area contributed by atoms with E-state index in [2.05, 4.69) is 5.10 Å². The summed E-state index contributed by atoms with van der Waals surface area (Å²) < 4.78 is 27.7. The van der Waals surface area contributed by atoms with Crippen LogP contribution in [0.3, 0.4) is 0 Å². The van der Waals surface area contributed by atoms with E-state index < -0.39 is 15.9 Å². The van der Waals surface area contributed by atoms with Gasteiger partial charge >= 0.3 is 0 Å². The van der Waals surface area contributed by atoms with Gasteiger partial charge in [0, 0.05) is 19.2 Å². The van der Waals surface area contributed by atoms with Crippen molar-refractivity contribution in [1.82, 2.24) is 8.98 Å². The Bertz CT molecular complexity index is 1220. The van der Waals surface area contributed by atoms with E-state index in [-0.39, 0.29) is 15.6 Å². The van der Waals surface area contributed by atoms with Crippen molar-refractivity contribution in [3.05, 3.63) is 70.3 Å². The molecule has 0 N–H and O–H groups in total. The number of hydrogen-bond acceptors (Lipinski definition) is 6. The molecule has 0 radical (unpaired) electrons. The van der Waals surface area contributed by atoms with Crippen molar-refractivity contribution < 1.29 is 18.0 Å². The highest BCUT2D eigenvalue weighted by molar-refractivity contribution is 7.89. The number of aryl methyl sites for hydroxylation is 1. The van der Waals surface area contributed by atoms with Crippen LogP contribution in [0.25, 0.3) is 11.3 Å². The standard InChI is InChI=1S/C20H19N3O4S2/c1-14-9-11-18(12-10-14)29(26,27)23(16(3)25)21-20-22(15(2)24)19(13-28-20)17-7-5-4-6-8-17/h4-13H,1-3H3/b21-20-. The van der Waals surface area contributed by atoms with Crippen molar-refractivity contribution in [1.29, 1.82) is 0 Å². The van der Waals surface area contributed by atoms with E-state index in [1.165, 1.54) is 23.6 Å². The summed E-state index contributed by atoms with van der Waals surface area (Å²) >= 11 is 1.08. The highest BCUT2D eigenvalue weighted by Crippen LogP contribution is 2.21. The third-order valence-electron chi connectivity index (χ3n) is 4.08. The maximum absolute atomic E-state index is 13.0. The third kappa shape index (κ3) is 4.20. The normalized spacial score (nSPS) is 12.0. The van der Waals surface area contributed by atoms with E-state index in [0.717, 1.165) is 29.4 Å². The van der Waals surface area contributed by atoms with Crippen LogP contribution in [-0.2, 0) is 14.8 Å². The molecule has 0 atom stereocenters. The van der Waals surface area contributed by atoms with E-state index >= 15 is 0 Å². The molecule has 29 heavy (non-hydrogen) atoms. The van der Waals surface area contributed by atoms with Crippen molar-refractivity contribution in [3.63, 3.8) is 0 Å². The summed E-state index contributed by atoms with van der Waals surface area (Å²) in [4.78, 5) is 24.5. The number of aromatic nitrogens is 1. The van der Waals surface area contributed by atoms with Crippen LogP contribution >= 0.6 is 11.3 Å². The third-order valence-corrected chi connectivity index (χ3v) is 6.56. The SMILES string of the molecule is CC(=O)N(/N=c1\scc(-c2ccccc2)n1C(C)=O)S(=O)(=O)c1ccc(C)cc1. The van der Waals surface area contributed by atoms with Gasteiger partial charge < -0.3 is 0 Å². The molecule has 0 unspecified atom stereocenters. The van der Waals surface area contributed by atoms with Gasteiger partial charge in [-0.15, -0.1) is 20.9 Å². The molecule has 0 aliphatic rings. The lowest BCUT2D eigenvalue weighted by molar-refractivity contribution is -0.124. The van der Waals surface area contributed by atoms with Crippen LogP contribution in [0.4, 0.5) is 0 Å². The second kappa shape index (κ2) is 8.14. The molecule has 0 saturated heterocycles. The van der Waals surface area contributed by atoms with Crippen LogP contribution in [-0.4, -0.2) is 29.2 Å². The predicted octanol–water partition coefficient (Wildman–Crippen LogP) is 3.24. The van der Waals surface area contributed by atoms with Gasteiger partial charge in [0.2, 0.25) is 10.7 Å². The van der Waals surface area contributed by atoms with Gasteiger partial charge in [-0.3, -0.25) is 14.2 Å². The zero-order valence-electron chi connectivity index (χ0n) is 16.1. The number of rotatable bonds is 4. The molecule has 0 bridgehead atoms. The Labute approximate surface area is 172 Å². The summed E-state index contributed by atoms with van der Waals surface area (Å²) in [5.74, 6) is -1.13. The molecular formula is C20H19N3O4S2. The second-order valence-electron chi connectivity index (χ2n) is 6.30. The Hall–Kier alpha value is -3.04. The van der Waals surface area contributed by atoms with Crippen LogP contribution in [0.15, 0.2) is 70.0 Å². The summed E-state index contributed by atoms with van der Waals surface area (Å²) in [6.07, 6.45) is 0. The minimum atomic E-state index is -4.21. The van der Waals surface area contributed by atoms with E-state index in [4.69, 9.17) is 0 Å². The molecule has 150 valence electrons. The highest BCUT2D eigenvalue weighted by atomic mass is 32.2. The molecule has 2 aromatic carbocycles. The number of nitrogens with zero attached hydrogens (tertiary/aromatic N) is 3. The largest absolute Gasteiger partial charge is 0.286 e.